The van der Waals surface area contributed by atoms with Crippen molar-refractivity contribution >= 4 is 35.1 Å². The van der Waals surface area contributed by atoms with Crippen LogP contribution in [0.25, 0.3) is 0 Å². The van der Waals surface area contributed by atoms with E-state index in [0.29, 0.717) is 22.2 Å². The molecular formula is C15H18Cl2O4. The van der Waals surface area contributed by atoms with Crippen molar-refractivity contribution in [3.63, 3.8) is 0 Å². The van der Waals surface area contributed by atoms with Crippen LogP contribution >= 0.6 is 23.2 Å². The summed E-state index contributed by atoms with van der Waals surface area (Å²) in [6.45, 7) is 2.43. The molecule has 4 nitrogen and oxygen atoms in total. The van der Waals surface area contributed by atoms with Crippen molar-refractivity contribution in [2.24, 2.45) is 0 Å². The van der Waals surface area contributed by atoms with E-state index in [4.69, 9.17) is 32.7 Å². The second-order valence-electron chi connectivity index (χ2n) is 4.45. The SMILES string of the molecule is CCCCOC(=O)CCC(=O)OCc1cccc(Cl)c1Cl. The van der Waals surface area contributed by atoms with Crippen LogP contribution < -0.4 is 0 Å². The van der Waals surface area contributed by atoms with Crippen LogP contribution in [-0.4, -0.2) is 18.5 Å². The number of hydrogen-bond acceptors (Lipinski definition) is 4. The van der Waals surface area contributed by atoms with Crippen molar-refractivity contribution in [1.82, 2.24) is 0 Å². The highest BCUT2D eigenvalue weighted by Gasteiger charge is 2.11. The molecule has 0 aliphatic rings. The lowest BCUT2D eigenvalue weighted by Gasteiger charge is -2.07. The zero-order valence-corrected chi connectivity index (χ0v) is 13.4. The fourth-order valence-electron chi connectivity index (χ4n) is 1.50. The summed E-state index contributed by atoms with van der Waals surface area (Å²) in [5.41, 5.74) is 0.628. The van der Waals surface area contributed by atoms with E-state index in [1.165, 1.54) is 0 Å². The molecular weight excluding hydrogens is 315 g/mol. The monoisotopic (exact) mass is 332 g/mol. The predicted molar refractivity (Wildman–Crippen MR) is 81.4 cm³/mol. The molecule has 1 aromatic rings. The largest absolute Gasteiger partial charge is 0.466 e. The van der Waals surface area contributed by atoms with Gasteiger partial charge in [0, 0.05) is 5.56 Å². The molecule has 0 spiro atoms. The first-order chi connectivity index (χ1) is 10.0. The molecule has 21 heavy (non-hydrogen) atoms. The summed E-state index contributed by atoms with van der Waals surface area (Å²) >= 11 is 11.8. The van der Waals surface area contributed by atoms with Crippen LogP contribution in [0.3, 0.4) is 0 Å². The third kappa shape index (κ3) is 6.82. The Labute approximate surface area is 134 Å². The zero-order valence-electron chi connectivity index (χ0n) is 11.9. The smallest absolute Gasteiger partial charge is 0.306 e. The third-order valence-electron chi connectivity index (χ3n) is 2.71. The summed E-state index contributed by atoms with van der Waals surface area (Å²) in [7, 11) is 0. The molecule has 0 N–H and O–H groups in total. The molecule has 6 heteroatoms. The van der Waals surface area contributed by atoms with E-state index in [1.54, 1.807) is 18.2 Å². The van der Waals surface area contributed by atoms with Gasteiger partial charge in [0.1, 0.15) is 6.61 Å². The van der Waals surface area contributed by atoms with Gasteiger partial charge in [-0.3, -0.25) is 9.59 Å². The van der Waals surface area contributed by atoms with Crippen molar-refractivity contribution in [3.8, 4) is 0 Å². The second kappa shape index (κ2) is 9.64. The molecule has 1 rings (SSSR count). The first-order valence-electron chi connectivity index (χ1n) is 6.78. The number of rotatable bonds is 8. The number of esters is 2. The van der Waals surface area contributed by atoms with E-state index < -0.39 is 5.97 Å². The number of unbranched alkanes of at least 4 members (excludes halogenated alkanes) is 1. The molecule has 0 saturated carbocycles. The maximum absolute atomic E-state index is 11.5. The molecule has 0 aliphatic heterocycles. The summed E-state index contributed by atoms with van der Waals surface area (Å²) in [6, 6.07) is 5.10. The van der Waals surface area contributed by atoms with Gasteiger partial charge in [-0.25, -0.2) is 0 Å². The molecule has 0 aromatic heterocycles. The van der Waals surface area contributed by atoms with E-state index >= 15 is 0 Å². The van der Waals surface area contributed by atoms with Crippen molar-refractivity contribution in [1.29, 1.82) is 0 Å². The Balaban J connectivity index is 2.28. The van der Waals surface area contributed by atoms with Crippen LogP contribution in [-0.2, 0) is 25.7 Å². The second-order valence-corrected chi connectivity index (χ2v) is 5.23. The first kappa shape index (κ1) is 17.8. The van der Waals surface area contributed by atoms with Gasteiger partial charge in [-0.15, -0.1) is 0 Å². The molecule has 0 unspecified atom stereocenters. The van der Waals surface area contributed by atoms with Crippen LogP contribution in [0.5, 0.6) is 0 Å². The third-order valence-corrected chi connectivity index (χ3v) is 3.57. The van der Waals surface area contributed by atoms with Gasteiger partial charge >= 0.3 is 11.9 Å². The molecule has 116 valence electrons. The molecule has 0 amide bonds. The number of hydrogen-bond donors (Lipinski definition) is 0. The van der Waals surface area contributed by atoms with E-state index in [1.807, 2.05) is 6.92 Å². The van der Waals surface area contributed by atoms with Crippen LogP contribution in [0, 0.1) is 0 Å². The van der Waals surface area contributed by atoms with Crippen molar-refractivity contribution in [2.45, 2.75) is 39.2 Å². The number of halogens is 2. The van der Waals surface area contributed by atoms with E-state index in [9.17, 15) is 9.59 Å². The quantitative estimate of drug-likeness (QED) is 0.529. The van der Waals surface area contributed by atoms with Crippen molar-refractivity contribution < 1.29 is 19.1 Å². The lowest BCUT2D eigenvalue weighted by atomic mass is 10.2. The molecule has 0 fully saturated rings. The molecule has 0 heterocycles. The number of carbonyl (C=O) groups excluding carboxylic acids is 2. The Hall–Kier alpha value is -1.26. The molecule has 0 radical (unpaired) electrons. The zero-order chi connectivity index (χ0) is 15.7. The lowest BCUT2D eigenvalue weighted by molar-refractivity contribution is -0.151. The van der Waals surface area contributed by atoms with Crippen LogP contribution in [0.15, 0.2) is 18.2 Å². The van der Waals surface area contributed by atoms with Crippen LogP contribution in [0.2, 0.25) is 10.0 Å². The minimum Gasteiger partial charge on any atom is -0.466 e. The van der Waals surface area contributed by atoms with Gasteiger partial charge in [-0.1, -0.05) is 48.7 Å². The number of carbonyl (C=O) groups is 2. The summed E-state index contributed by atoms with van der Waals surface area (Å²) < 4.78 is 10.00. The molecule has 0 atom stereocenters. The minimum atomic E-state index is -0.474. The minimum absolute atomic E-state index is 0.0108. The summed E-state index contributed by atoms with van der Waals surface area (Å²) in [5.74, 6) is -0.861. The van der Waals surface area contributed by atoms with Gasteiger partial charge in [-0.2, -0.15) is 0 Å². The fraction of sp³-hybridized carbons (Fsp3) is 0.467. The average Bonchev–Trinajstić information content (AvgIpc) is 2.47. The van der Waals surface area contributed by atoms with Gasteiger partial charge in [0.05, 0.1) is 29.5 Å². The predicted octanol–water partition coefficient (Wildman–Crippen LogP) is 4.16. The molecule has 0 aliphatic carbocycles. The highest BCUT2D eigenvalue weighted by molar-refractivity contribution is 6.42. The number of benzene rings is 1. The summed E-state index contributed by atoms with van der Waals surface area (Å²) in [4.78, 5) is 22.9. The maximum atomic E-state index is 11.5. The van der Waals surface area contributed by atoms with Crippen molar-refractivity contribution in [2.75, 3.05) is 6.61 Å². The van der Waals surface area contributed by atoms with E-state index in [2.05, 4.69) is 0 Å². The Bertz CT molecular complexity index is 489. The molecule has 0 saturated heterocycles. The van der Waals surface area contributed by atoms with E-state index in [0.717, 1.165) is 12.8 Å². The van der Waals surface area contributed by atoms with Crippen LogP contribution in [0.4, 0.5) is 0 Å². The Morgan fingerprint density at radius 1 is 1.10 bits per heavy atom. The average molecular weight is 333 g/mol. The molecule has 0 bridgehead atoms. The fourth-order valence-corrected chi connectivity index (χ4v) is 1.87. The molecule has 1 aromatic carbocycles. The Morgan fingerprint density at radius 3 is 2.43 bits per heavy atom. The Morgan fingerprint density at radius 2 is 1.76 bits per heavy atom. The van der Waals surface area contributed by atoms with Crippen LogP contribution in [0.1, 0.15) is 38.2 Å². The van der Waals surface area contributed by atoms with Gasteiger partial charge in [-0.05, 0) is 12.5 Å². The van der Waals surface area contributed by atoms with Gasteiger partial charge in [0.2, 0.25) is 0 Å². The van der Waals surface area contributed by atoms with Gasteiger partial charge in [0.15, 0.2) is 0 Å². The van der Waals surface area contributed by atoms with Gasteiger partial charge in [0.25, 0.3) is 0 Å². The standard InChI is InChI=1S/C15H18Cl2O4/c1-2-3-9-20-13(18)7-8-14(19)21-10-11-5-4-6-12(16)15(11)17/h4-6H,2-3,7-10H2,1H3. The highest BCUT2D eigenvalue weighted by atomic mass is 35.5. The summed E-state index contributed by atoms with van der Waals surface area (Å²) in [5, 5.41) is 0.774. The maximum Gasteiger partial charge on any atom is 0.306 e. The Kier molecular flexibility index (Phi) is 8.16. The summed E-state index contributed by atoms with van der Waals surface area (Å²) in [6.07, 6.45) is 1.79. The normalized spacial score (nSPS) is 10.2. The number of ether oxygens (including phenoxy) is 2. The lowest BCUT2D eigenvalue weighted by Crippen LogP contribution is -2.11. The highest BCUT2D eigenvalue weighted by Crippen LogP contribution is 2.26. The topological polar surface area (TPSA) is 52.6 Å². The van der Waals surface area contributed by atoms with E-state index in [-0.39, 0.29) is 25.4 Å². The van der Waals surface area contributed by atoms with Gasteiger partial charge < -0.3 is 9.47 Å². The first-order valence-corrected chi connectivity index (χ1v) is 7.54. The van der Waals surface area contributed by atoms with Crippen molar-refractivity contribution in [3.05, 3.63) is 33.8 Å².